The zero-order valence-corrected chi connectivity index (χ0v) is 20.0. The average molecular weight is 455 g/mol. The Hall–Kier alpha value is -2.15. The first-order valence-electron chi connectivity index (χ1n) is 12.7. The van der Waals surface area contributed by atoms with Crippen molar-refractivity contribution in [3.05, 3.63) is 29.9 Å². The maximum Gasteiger partial charge on any atom is 0.260 e. The maximum absolute atomic E-state index is 12.0. The number of carbonyl (C=O) groups excluding carboxylic acids is 1. The molecule has 0 aromatic carbocycles. The van der Waals surface area contributed by atoms with Crippen LogP contribution in [0.25, 0.3) is 0 Å². The molecule has 1 aromatic heterocycles. The fraction of sp³-hybridized carbons (Fsp3) is 0.731. The highest BCUT2D eigenvalue weighted by Crippen LogP contribution is 2.65. The minimum atomic E-state index is -0.156. The summed E-state index contributed by atoms with van der Waals surface area (Å²) in [6, 6.07) is 0. The van der Waals surface area contributed by atoms with E-state index in [1.165, 1.54) is 24.8 Å². The molecule has 0 saturated heterocycles. The quantitative estimate of drug-likeness (QED) is 0.570. The van der Waals surface area contributed by atoms with Crippen molar-refractivity contribution in [1.82, 2.24) is 15.3 Å². The molecule has 180 valence electrons. The molecule has 7 heteroatoms. The van der Waals surface area contributed by atoms with Crippen LogP contribution in [0.5, 0.6) is 0 Å². The number of allylic oxidation sites excluding steroid dienone is 2. The molecule has 33 heavy (non-hydrogen) atoms. The van der Waals surface area contributed by atoms with Crippen molar-refractivity contribution in [2.45, 2.75) is 77.7 Å². The number of aromatic nitrogens is 2. The number of oxime groups is 1. The largest absolute Gasteiger partial charge is 0.393 e. The van der Waals surface area contributed by atoms with Gasteiger partial charge in [0.25, 0.3) is 5.91 Å². The number of hydrogen-bond donors (Lipinski definition) is 3. The summed E-state index contributed by atoms with van der Waals surface area (Å²) >= 11 is 0. The smallest absolute Gasteiger partial charge is 0.260 e. The van der Waals surface area contributed by atoms with Gasteiger partial charge in [-0.3, -0.25) is 4.79 Å². The van der Waals surface area contributed by atoms with Crippen LogP contribution in [0.2, 0.25) is 0 Å². The van der Waals surface area contributed by atoms with E-state index < -0.39 is 0 Å². The van der Waals surface area contributed by atoms with E-state index in [0.717, 1.165) is 49.4 Å². The monoisotopic (exact) mass is 454 g/mol. The molecule has 0 bridgehead atoms. The number of fused-ring (bicyclic) bond motifs is 5. The summed E-state index contributed by atoms with van der Waals surface area (Å²) in [4.78, 5) is 24.4. The summed E-state index contributed by atoms with van der Waals surface area (Å²) in [5.74, 6) is 1.97. The van der Waals surface area contributed by atoms with Gasteiger partial charge in [-0.2, -0.15) is 0 Å². The standard InChI is InChI=1S/C26H38N4O3/c1-25-10-7-18(30-33-15-24(32)28-12-9-19-14-27-16-29-19)13-17(25)3-4-20-21-5-6-23(31)26(21,2)11-8-22(20)25/h13-14,16,20-23,31H,3-12,15H2,1-2H3,(H,27,29)(H,28,32)/b30-18-/t20?,21?,22?,23?,25-,26-/m0/s1. The second-order valence-corrected chi connectivity index (χ2v) is 11.2. The van der Waals surface area contributed by atoms with Gasteiger partial charge in [-0.15, -0.1) is 0 Å². The minimum absolute atomic E-state index is 0.0554. The first kappa shape index (κ1) is 22.6. The third kappa shape index (κ3) is 4.13. The fourth-order valence-corrected chi connectivity index (χ4v) is 7.60. The summed E-state index contributed by atoms with van der Waals surface area (Å²) in [6.07, 6.45) is 15.2. The number of rotatable bonds is 6. The summed E-state index contributed by atoms with van der Waals surface area (Å²) in [5.41, 5.74) is 3.84. The van der Waals surface area contributed by atoms with Crippen LogP contribution in [-0.2, 0) is 16.1 Å². The van der Waals surface area contributed by atoms with Gasteiger partial charge in [0.15, 0.2) is 6.61 Å². The first-order chi connectivity index (χ1) is 15.9. The number of amides is 1. The highest BCUT2D eigenvalue weighted by Gasteiger charge is 2.58. The van der Waals surface area contributed by atoms with E-state index in [9.17, 15) is 9.90 Å². The van der Waals surface area contributed by atoms with E-state index in [4.69, 9.17) is 4.84 Å². The molecule has 4 unspecified atom stereocenters. The number of imidazole rings is 1. The van der Waals surface area contributed by atoms with Crippen molar-refractivity contribution in [2.75, 3.05) is 13.2 Å². The number of aliphatic hydroxyl groups is 1. The number of aromatic amines is 1. The molecule has 0 aliphatic heterocycles. The van der Waals surface area contributed by atoms with E-state index in [2.05, 4.69) is 40.4 Å². The third-order valence-electron chi connectivity index (χ3n) is 9.58. The van der Waals surface area contributed by atoms with Gasteiger partial charge in [0.05, 0.1) is 18.1 Å². The summed E-state index contributed by atoms with van der Waals surface area (Å²) < 4.78 is 0. The molecule has 3 N–H and O–H groups in total. The highest BCUT2D eigenvalue weighted by molar-refractivity contribution is 5.96. The summed E-state index contributed by atoms with van der Waals surface area (Å²) in [6.45, 7) is 5.30. The van der Waals surface area contributed by atoms with Crippen LogP contribution in [0, 0.1) is 28.6 Å². The predicted molar refractivity (Wildman–Crippen MR) is 126 cm³/mol. The molecular weight excluding hydrogens is 416 g/mol. The highest BCUT2D eigenvalue weighted by atomic mass is 16.6. The van der Waals surface area contributed by atoms with E-state index in [-0.39, 0.29) is 29.4 Å². The van der Waals surface area contributed by atoms with Gasteiger partial charge in [-0.1, -0.05) is 24.6 Å². The Kier molecular flexibility index (Phi) is 6.10. The molecule has 1 amide bonds. The van der Waals surface area contributed by atoms with Crippen LogP contribution in [-0.4, -0.2) is 45.9 Å². The van der Waals surface area contributed by atoms with Crippen LogP contribution in [0.15, 0.2) is 29.3 Å². The molecular formula is C26H38N4O3. The van der Waals surface area contributed by atoms with Crippen molar-refractivity contribution >= 4 is 11.6 Å². The van der Waals surface area contributed by atoms with E-state index in [0.29, 0.717) is 24.8 Å². The summed E-state index contributed by atoms with van der Waals surface area (Å²) in [5, 5.41) is 17.8. The van der Waals surface area contributed by atoms with Crippen molar-refractivity contribution in [3.63, 3.8) is 0 Å². The molecule has 6 atom stereocenters. The van der Waals surface area contributed by atoms with Crippen molar-refractivity contribution in [2.24, 2.45) is 33.7 Å². The number of nitrogens with one attached hydrogen (secondary N) is 2. The predicted octanol–water partition coefficient (Wildman–Crippen LogP) is 3.76. The zero-order chi connectivity index (χ0) is 23.1. The molecule has 4 aliphatic rings. The van der Waals surface area contributed by atoms with Gasteiger partial charge in [-0.25, -0.2) is 4.98 Å². The van der Waals surface area contributed by atoms with E-state index in [1.54, 1.807) is 12.5 Å². The molecule has 0 radical (unpaired) electrons. The van der Waals surface area contributed by atoms with Crippen LogP contribution in [0.1, 0.15) is 70.9 Å². The fourth-order valence-electron chi connectivity index (χ4n) is 7.60. The SMILES string of the molecule is C[C@]12CCC3C(CCC4=C/C(=N\OCC(=O)NCCc5cnc[nH]5)CC[C@@]43C)C1CCC2O. The Morgan fingerprint density at radius 3 is 2.94 bits per heavy atom. The van der Waals surface area contributed by atoms with Crippen LogP contribution < -0.4 is 5.32 Å². The van der Waals surface area contributed by atoms with Gasteiger partial charge < -0.3 is 20.2 Å². The molecule has 3 saturated carbocycles. The number of carbonyl (C=O) groups is 1. The molecule has 1 aromatic rings. The Morgan fingerprint density at radius 1 is 1.24 bits per heavy atom. The normalized spacial score (nSPS) is 38.8. The van der Waals surface area contributed by atoms with Crippen LogP contribution >= 0.6 is 0 Å². The number of aliphatic hydroxyl groups excluding tert-OH is 1. The van der Waals surface area contributed by atoms with Crippen LogP contribution in [0.3, 0.4) is 0 Å². The van der Waals surface area contributed by atoms with Gasteiger partial charge in [0, 0.05) is 24.9 Å². The third-order valence-corrected chi connectivity index (χ3v) is 9.58. The Labute approximate surface area is 196 Å². The second kappa shape index (κ2) is 8.90. The lowest BCUT2D eigenvalue weighted by Gasteiger charge is -2.57. The van der Waals surface area contributed by atoms with Crippen molar-refractivity contribution in [3.8, 4) is 0 Å². The topological polar surface area (TPSA) is 99.6 Å². The maximum atomic E-state index is 12.0. The summed E-state index contributed by atoms with van der Waals surface area (Å²) in [7, 11) is 0. The molecule has 4 aliphatic carbocycles. The lowest BCUT2D eigenvalue weighted by atomic mass is 9.47. The Balaban J connectivity index is 1.16. The molecule has 0 spiro atoms. The second-order valence-electron chi connectivity index (χ2n) is 11.2. The zero-order valence-electron chi connectivity index (χ0n) is 20.0. The van der Waals surface area contributed by atoms with E-state index >= 15 is 0 Å². The Bertz CT molecular complexity index is 926. The van der Waals surface area contributed by atoms with Gasteiger partial charge in [0.1, 0.15) is 0 Å². The molecule has 7 nitrogen and oxygen atoms in total. The van der Waals surface area contributed by atoms with Crippen LogP contribution in [0.4, 0.5) is 0 Å². The molecule has 5 rings (SSSR count). The van der Waals surface area contributed by atoms with Gasteiger partial charge in [0.2, 0.25) is 0 Å². The van der Waals surface area contributed by atoms with Crippen molar-refractivity contribution < 1.29 is 14.7 Å². The van der Waals surface area contributed by atoms with Gasteiger partial charge in [-0.05, 0) is 86.0 Å². The first-order valence-corrected chi connectivity index (χ1v) is 12.7. The van der Waals surface area contributed by atoms with Gasteiger partial charge >= 0.3 is 0 Å². The van der Waals surface area contributed by atoms with E-state index in [1.807, 2.05) is 0 Å². The number of hydrogen-bond acceptors (Lipinski definition) is 5. The lowest BCUT2D eigenvalue weighted by molar-refractivity contribution is -0.125. The average Bonchev–Trinajstić information content (AvgIpc) is 3.42. The number of H-pyrrole nitrogens is 1. The lowest BCUT2D eigenvalue weighted by Crippen LogP contribution is -2.51. The van der Waals surface area contributed by atoms with Crippen molar-refractivity contribution in [1.29, 1.82) is 0 Å². The molecule has 3 fully saturated rings. The molecule has 1 heterocycles. The number of nitrogens with zero attached hydrogens (tertiary/aromatic N) is 2. The minimum Gasteiger partial charge on any atom is -0.393 e. The Morgan fingerprint density at radius 2 is 2.12 bits per heavy atom.